The average Bonchev–Trinajstić information content (AvgIpc) is 2.67. The summed E-state index contributed by atoms with van der Waals surface area (Å²) in [5.74, 6) is 0.395. The van der Waals surface area contributed by atoms with E-state index in [0.29, 0.717) is 22.6 Å². The molecular weight excluding hydrogens is 314 g/mol. The zero-order valence-electron chi connectivity index (χ0n) is 9.99. The lowest BCUT2D eigenvalue weighted by Gasteiger charge is -2.09. The minimum atomic E-state index is -0.107. The maximum atomic E-state index is 12.5. The minimum Gasteiger partial charge on any atom is -0.496 e. The summed E-state index contributed by atoms with van der Waals surface area (Å²) in [6, 6.07) is 7.02. The van der Waals surface area contributed by atoms with Gasteiger partial charge in [-0.15, -0.1) is 11.3 Å². The number of ketones is 1. The molecule has 0 aliphatic rings. The molecule has 0 atom stereocenters. The highest BCUT2D eigenvalue weighted by molar-refractivity contribution is 9.11. The molecule has 18 heavy (non-hydrogen) atoms. The Labute approximate surface area is 118 Å². The summed E-state index contributed by atoms with van der Waals surface area (Å²) in [7, 11) is 1.53. The van der Waals surface area contributed by atoms with Gasteiger partial charge in [-0.05, 0) is 41.1 Å². The number of thiophene rings is 1. The standard InChI is InChI=1S/C13H12BrNO2S/c1-7-8(6-11(14)18-7)13(16)12-9(15)4-3-5-10(12)17-2/h3-6H,15H2,1-2H3. The van der Waals surface area contributed by atoms with Crippen LogP contribution in [0.4, 0.5) is 5.69 Å². The number of carbonyl (C=O) groups is 1. The number of nitrogens with two attached hydrogens (primary N) is 1. The van der Waals surface area contributed by atoms with Gasteiger partial charge in [0.25, 0.3) is 0 Å². The Morgan fingerprint density at radius 2 is 2.17 bits per heavy atom. The molecule has 0 amide bonds. The van der Waals surface area contributed by atoms with E-state index in [2.05, 4.69) is 15.9 Å². The summed E-state index contributed by atoms with van der Waals surface area (Å²) in [5.41, 5.74) is 7.39. The second-order valence-corrected chi connectivity index (χ2v) is 6.41. The van der Waals surface area contributed by atoms with Gasteiger partial charge in [0.2, 0.25) is 0 Å². The first-order chi connectivity index (χ1) is 8.54. The van der Waals surface area contributed by atoms with Gasteiger partial charge in [0, 0.05) is 16.1 Å². The van der Waals surface area contributed by atoms with Crippen LogP contribution in [0.3, 0.4) is 0 Å². The number of halogens is 1. The van der Waals surface area contributed by atoms with Crippen molar-refractivity contribution in [3.05, 3.63) is 44.1 Å². The van der Waals surface area contributed by atoms with Crippen molar-refractivity contribution in [1.82, 2.24) is 0 Å². The lowest BCUT2D eigenvalue weighted by Crippen LogP contribution is -2.07. The number of carbonyl (C=O) groups excluding carboxylic acids is 1. The topological polar surface area (TPSA) is 52.3 Å². The molecule has 2 N–H and O–H groups in total. The molecule has 1 aromatic heterocycles. The van der Waals surface area contributed by atoms with Gasteiger partial charge in [0.1, 0.15) is 5.75 Å². The molecule has 0 unspecified atom stereocenters. The maximum absolute atomic E-state index is 12.5. The highest BCUT2D eigenvalue weighted by atomic mass is 79.9. The van der Waals surface area contributed by atoms with Crippen LogP contribution < -0.4 is 10.5 Å². The quantitative estimate of drug-likeness (QED) is 0.692. The fourth-order valence-corrected chi connectivity index (χ4v) is 3.46. The first-order valence-corrected chi connectivity index (χ1v) is 6.88. The van der Waals surface area contributed by atoms with Crippen molar-refractivity contribution in [2.75, 3.05) is 12.8 Å². The Kier molecular flexibility index (Phi) is 3.73. The van der Waals surface area contributed by atoms with E-state index in [1.807, 2.05) is 13.0 Å². The molecule has 1 aromatic carbocycles. The number of methoxy groups -OCH3 is 1. The molecule has 0 saturated heterocycles. The number of hydrogen-bond donors (Lipinski definition) is 1. The van der Waals surface area contributed by atoms with Gasteiger partial charge in [-0.1, -0.05) is 6.07 Å². The van der Waals surface area contributed by atoms with E-state index in [4.69, 9.17) is 10.5 Å². The Bertz CT molecular complexity index is 607. The van der Waals surface area contributed by atoms with Crippen LogP contribution in [-0.2, 0) is 0 Å². The van der Waals surface area contributed by atoms with Crippen molar-refractivity contribution in [3.8, 4) is 5.75 Å². The average molecular weight is 326 g/mol. The van der Waals surface area contributed by atoms with Crippen LogP contribution in [0.15, 0.2) is 28.1 Å². The summed E-state index contributed by atoms with van der Waals surface area (Å²) in [6.45, 7) is 1.91. The molecule has 94 valence electrons. The normalized spacial score (nSPS) is 10.4. The number of rotatable bonds is 3. The zero-order valence-corrected chi connectivity index (χ0v) is 12.4. The van der Waals surface area contributed by atoms with E-state index in [-0.39, 0.29) is 5.78 Å². The fraction of sp³-hybridized carbons (Fsp3) is 0.154. The molecule has 2 aromatic rings. The van der Waals surface area contributed by atoms with Crippen LogP contribution in [-0.4, -0.2) is 12.9 Å². The van der Waals surface area contributed by atoms with Gasteiger partial charge in [-0.2, -0.15) is 0 Å². The van der Waals surface area contributed by atoms with Crippen molar-refractivity contribution < 1.29 is 9.53 Å². The van der Waals surface area contributed by atoms with E-state index in [9.17, 15) is 4.79 Å². The van der Waals surface area contributed by atoms with Crippen molar-refractivity contribution in [1.29, 1.82) is 0 Å². The van der Waals surface area contributed by atoms with E-state index >= 15 is 0 Å². The summed E-state index contributed by atoms with van der Waals surface area (Å²) >= 11 is 4.91. The first-order valence-electron chi connectivity index (χ1n) is 5.27. The third kappa shape index (κ3) is 2.28. The van der Waals surface area contributed by atoms with E-state index < -0.39 is 0 Å². The number of nitrogen functional groups attached to an aromatic ring is 1. The third-order valence-corrected chi connectivity index (χ3v) is 4.19. The van der Waals surface area contributed by atoms with Crippen LogP contribution in [0, 0.1) is 6.92 Å². The summed E-state index contributed by atoms with van der Waals surface area (Å²) in [4.78, 5) is 13.5. The second kappa shape index (κ2) is 5.12. The second-order valence-electron chi connectivity index (χ2n) is 3.77. The Morgan fingerprint density at radius 3 is 2.72 bits per heavy atom. The molecule has 0 aliphatic heterocycles. The van der Waals surface area contributed by atoms with Gasteiger partial charge in [0.15, 0.2) is 5.78 Å². The van der Waals surface area contributed by atoms with Crippen LogP contribution in [0.25, 0.3) is 0 Å². The van der Waals surface area contributed by atoms with Gasteiger partial charge >= 0.3 is 0 Å². The van der Waals surface area contributed by atoms with E-state index in [1.54, 1.807) is 18.2 Å². The Hall–Kier alpha value is -1.33. The number of ether oxygens (including phenoxy) is 1. The molecule has 1 heterocycles. The van der Waals surface area contributed by atoms with Crippen molar-refractivity contribution >= 4 is 38.7 Å². The van der Waals surface area contributed by atoms with Gasteiger partial charge in [0.05, 0.1) is 16.5 Å². The Morgan fingerprint density at radius 1 is 1.44 bits per heavy atom. The summed E-state index contributed by atoms with van der Waals surface area (Å²) in [5, 5.41) is 0. The predicted molar refractivity (Wildman–Crippen MR) is 77.6 cm³/mol. The number of hydrogen-bond acceptors (Lipinski definition) is 4. The van der Waals surface area contributed by atoms with E-state index in [0.717, 1.165) is 8.66 Å². The van der Waals surface area contributed by atoms with Crippen LogP contribution in [0.5, 0.6) is 5.75 Å². The van der Waals surface area contributed by atoms with Crippen LogP contribution in [0.2, 0.25) is 0 Å². The highest BCUT2D eigenvalue weighted by Gasteiger charge is 2.20. The zero-order chi connectivity index (χ0) is 13.3. The first kappa shape index (κ1) is 13.1. The van der Waals surface area contributed by atoms with Crippen LogP contribution in [0.1, 0.15) is 20.8 Å². The fourth-order valence-electron chi connectivity index (χ4n) is 1.77. The Balaban J connectivity index is 2.56. The molecule has 0 bridgehead atoms. The smallest absolute Gasteiger partial charge is 0.199 e. The minimum absolute atomic E-state index is 0.107. The maximum Gasteiger partial charge on any atom is 0.199 e. The SMILES string of the molecule is COc1cccc(N)c1C(=O)c1cc(Br)sc1C. The van der Waals surface area contributed by atoms with Crippen molar-refractivity contribution in [3.63, 3.8) is 0 Å². The molecule has 0 aliphatic carbocycles. The lowest BCUT2D eigenvalue weighted by molar-refractivity contribution is 0.103. The number of aryl methyl sites for hydroxylation is 1. The highest BCUT2D eigenvalue weighted by Crippen LogP contribution is 2.32. The number of benzene rings is 1. The molecule has 0 spiro atoms. The molecule has 0 saturated carbocycles. The number of anilines is 1. The molecule has 0 radical (unpaired) electrons. The summed E-state index contributed by atoms with van der Waals surface area (Å²) < 4.78 is 6.13. The summed E-state index contributed by atoms with van der Waals surface area (Å²) in [6.07, 6.45) is 0. The molecular formula is C13H12BrNO2S. The van der Waals surface area contributed by atoms with E-state index in [1.165, 1.54) is 18.4 Å². The molecule has 2 rings (SSSR count). The monoisotopic (exact) mass is 325 g/mol. The molecule has 0 fully saturated rings. The largest absolute Gasteiger partial charge is 0.496 e. The lowest BCUT2D eigenvalue weighted by atomic mass is 10.0. The van der Waals surface area contributed by atoms with Crippen LogP contribution >= 0.6 is 27.3 Å². The third-order valence-electron chi connectivity index (χ3n) is 2.64. The molecule has 5 heteroatoms. The van der Waals surface area contributed by atoms with Crippen molar-refractivity contribution in [2.24, 2.45) is 0 Å². The van der Waals surface area contributed by atoms with Gasteiger partial charge in [-0.3, -0.25) is 4.79 Å². The predicted octanol–water partition coefficient (Wildman–Crippen LogP) is 3.64. The van der Waals surface area contributed by atoms with Gasteiger partial charge < -0.3 is 10.5 Å². The van der Waals surface area contributed by atoms with Gasteiger partial charge in [-0.25, -0.2) is 0 Å². The van der Waals surface area contributed by atoms with Crippen molar-refractivity contribution in [2.45, 2.75) is 6.92 Å². The molecule has 3 nitrogen and oxygen atoms in total.